The van der Waals surface area contributed by atoms with Gasteiger partial charge in [0.1, 0.15) is 22.9 Å². The van der Waals surface area contributed by atoms with Crippen LogP contribution in [0, 0.1) is 5.82 Å². The Hall–Kier alpha value is -4.13. The van der Waals surface area contributed by atoms with Gasteiger partial charge in [-0.2, -0.15) is 0 Å². The highest BCUT2D eigenvalue weighted by molar-refractivity contribution is 6.30. The number of halogens is 2. The van der Waals surface area contributed by atoms with Crippen molar-refractivity contribution in [1.29, 1.82) is 0 Å². The minimum atomic E-state index is -0.598. The van der Waals surface area contributed by atoms with Crippen LogP contribution in [-0.4, -0.2) is 88.9 Å². The van der Waals surface area contributed by atoms with Gasteiger partial charge in [-0.05, 0) is 83.1 Å². The molecular formula is C34H44ClFN8O3. The predicted molar refractivity (Wildman–Crippen MR) is 184 cm³/mol. The number of nitrogens with zero attached hydrogens (tertiary/aromatic N) is 5. The third-order valence-electron chi connectivity index (χ3n) is 7.34. The quantitative estimate of drug-likeness (QED) is 0.191. The van der Waals surface area contributed by atoms with Crippen molar-refractivity contribution >= 4 is 46.4 Å². The van der Waals surface area contributed by atoms with E-state index in [-0.39, 0.29) is 17.6 Å². The van der Waals surface area contributed by atoms with Gasteiger partial charge in [-0.1, -0.05) is 24.6 Å². The smallest absolute Gasteiger partial charge is 0.410 e. The van der Waals surface area contributed by atoms with Crippen LogP contribution in [0.25, 0.3) is 16.8 Å². The molecule has 2 amide bonds. The van der Waals surface area contributed by atoms with Crippen LogP contribution in [0.15, 0.2) is 48.7 Å². The minimum absolute atomic E-state index is 0.132. The molecule has 0 fully saturated rings. The number of anilines is 3. The van der Waals surface area contributed by atoms with Crippen LogP contribution in [-0.2, 0) is 9.53 Å². The highest BCUT2D eigenvalue weighted by atomic mass is 35.5. The largest absolute Gasteiger partial charge is 0.444 e. The molecule has 3 aromatic rings. The van der Waals surface area contributed by atoms with Crippen LogP contribution >= 0.6 is 11.6 Å². The Kier molecular flexibility index (Phi) is 12.6. The number of amides is 2. The molecule has 1 aromatic carbocycles. The Morgan fingerprint density at radius 2 is 1.91 bits per heavy atom. The van der Waals surface area contributed by atoms with Crippen molar-refractivity contribution in [2.24, 2.45) is 0 Å². The SMILES string of the molecule is CCCN(CCNC)CCC(=O)Nc1cc(Nc2cc(-c3cc(Cl)ccc3F)nnc2C2=CCN(C(=O)OC(C)(C)C)CC2)ccn1. The van der Waals surface area contributed by atoms with E-state index >= 15 is 0 Å². The summed E-state index contributed by atoms with van der Waals surface area (Å²) in [5, 5.41) is 18.6. The molecule has 0 spiro atoms. The maximum atomic E-state index is 14.8. The van der Waals surface area contributed by atoms with Crippen LogP contribution in [0.2, 0.25) is 5.02 Å². The fourth-order valence-electron chi connectivity index (χ4n) is 5.04. The van der Waals surface area contributed by atoms with Crippen molar-refractivity contribution in [2.45, 2.75) is 52.6 Å². The van der Waals surface area contributed by atoms with E-state index in [1.54, 1.807) is 29.3 Å². The second-order valence-electron chi connectivity index (χ2n) is 12.3. The van der Waals surface area contributed by atoms with E-state index < -0.39 is 11.4 Å². The lowest BCUT2D eigenvalue weighted by atomic mass is 10.0. The first-order valence-electron chi connectivity index (χ1n) is 15.9. The average Bonchev–Trinajstić information content (AvgIpc) is 3.03. The fraction of sp³-hybridized carbons (Fsp3) is 0.441. The van der Waals surface area contributed by atoms with Gasteiger partial charge in [-0.25, -0.2) is 14.2 Å². The summed E-state index contributed by atoms with van der Waals surface area (Å²) < 4.78 is 20.4. The topological polar surface area (TPSA) is 125 Å². The van der Waals surface area contributed by atoms with Crippen molar-refractivity contribution in [3.8, 4) is 11.3 Å². The molecule has 0 unspecified atom stereocenters. The molecule has 0 atom stereocenters. The van der Waals surface area contributed by atoms with Gasteiger partial charge in [0, 0.05) is 67.7 Å². The van der Waals surface area contributed by atoms with Crippen LogP contribution < -0.4 is 16.0 Å². The van der Waals surface area contributed by atoms with Gasteiger partial charge in [0.15, 0.2) is 0 Å². The summed E-state index contributed by atoms with van der Waals surface area (Å²) in [7, 11) is 1.91. The molecule has 0 saturated heterocycles. The zero-order valence-corrected chi connectivity index (χ0v) is 28.5. The molecular weight excluding hydrogens is 623 g/mol. The Morgan fingerprint density at radius 3 is 2.62 bits per heavy atom. The third-order valence-corrected chi connectivity index (χ3v) is 7.58. The summed E-state index contributed by atoms with van der Waals surface area (Å²) in [6.07, 6.45) is 4.99. The number of ether oxygens (including phenoxy) is 1. The van der Waals surface area contributed by atoms with Crippen LogP contribution in [0.3, 0.4) is 0 Å². The summed E-state index contributed by atoms with van der Waals surface area (Å²) in [6, 6.07) is 9.47. The predicted octanol–water partition coefficient (Wildman–Crippen LogP) is 6.36. The van der Waals surface area contributed by atoms with E-state index in [0.717, 1.165) is 31.6 Å². The number of hydrogen-bond donors (Lipinski definition) is 3. The molecule has 2 aromatic heterocycles. The molecule has 11 nitrogen and oxygen atoms in total. The first-order valence-corrected chi connectivity index (χ1v) is 16.2. The Bertz CT molecular complexity index is 1580. The van der Waals surface area contributed by atoms with Gasteiger partial charge in [-0.3, -0.25) is 4.79 Å². The molecule has 1 aliphatic rings. The normalized spacial score (nSPS) is 13.4. The number of pyridine rings is 1. The zero-order valence-electron chi connectivity index (χ0n) is 27.7. The van der Waals surface area contributed by atoms with Gasteiger partial charge >= 0.3 is 6.09 Å². The summed E-state index contributed by atoms with van der Waals surface area (Å²) in [5.74, 6) is -0.219. The number of likely N-dealkylation sites (N-methyl/N-ethyl adjacent to an activating group) is 1. The number of carbonyl (C=O) groups is 2. The number of hydrogen-bond acceptors (Lipinski definition) is 9. The molecule has 3 heterocycles. The molecule has 0 radical (unpaired) electrons. The van der Waals surface area contributed by atoms with Crippen molar-refractivity contribution in [3.63, 3.8) is 0 Å². The zero-order chi connectivity index (χ0) is 34.0. The van der Waals surface area contributed by atoms with Gasteiger partial charge < -0.3 is 30.5 Å². The third kappa shape index (κ3) is 10.7. The molecule has 47 heavy (non-hydrogen) atoms. The van der Waals surface area contributed by atoms with Crippen molar-refractivity contribution in [3.05, 3.63) is 65.2 Å². The van der Waals surface area contributed by atoms with E-state index in [4.69, 9.17) is 16.3 Å². The Morgan fingerprint density at radius 1 is 1.11 bits per heavy atom. The summed E-state index contributed by atoms with van der Waals surface area (Å²) >= 11 is 6.18. The second-order valence-corrected chi connectivity index (χ2v) is 12.8. The van der Waals surface area contributed by atoms with Gasteiger partial charge in [0.05, 0.1) is 11.4 Å². The number of nitrogens with one attached hydrogen (secondary N) is 3. The molecule has 13 heteroatoms. The van der Waals surface area contributed by atoms with Crippen LogP contribution in [0.5, 0.6) is 0 Å². The number of rotatable bonds is 13. The van der Waals surface area contributed by atoms with E-state index in [1.807, 2.05) is 33.9 Å². The molecule has 252 valence electrons. The molecule has 4 rings (SSSR count). The minimum Gasteiger partial charge on any atom is -0.444 e. The lowest BCUT2D eigenvalue weighted by Crippen LogP contribution is -2.39. The summed E-state index contributed by atoms with van der Waals surface area (Å²) in [6.45, 7) is 11.7. The fourth-order valence-corrected chi connectivity index (χ4v) is 5.22. The van der Waals surface area contributed by atoms with Gasteiger partial charge in [-0.15, -0.1) is 10.2 Å². The van der Waals surface area contributed by atoms with Crippen molar-refractivity contribution in [2.75, 3.05) is 56.9 Å². The second kappa shape index (κ2) is 16.6. The molecule has 0 bridgehead atoms. The first-order chi connectivity index (χ1) is 22.5. The van der Waals surface area contributed by atoms with E-state index in [9.17, 15) is 14.0 Å². The Labute approximate surface area is 280 Å². The standard InChI is InChI=1S/C34H44ClFN8O3/c1-6-15-43(19-14-37-5)16-12-31(45)40-30-21-25(9-13-38-30)39-29-22-28(26-20-24(35)7-8-27(26)36)41-42-32(29)23-10-17-44(18-11-23)33(46)47-34(2,3)4/h7-10,13,20-22,37H,6,11-12,14-19H2,1-5H3,(H2,38,39,40,41,45). The number of carbonyl (C=O) groups excluding carboxylic acids is 2. The van der Waals surface area contributed by atoms with Gasteiger partial charge in [0.2, 0.25) is 5.91 Å². The lowest BCUT2D eigenvalue weighted by molar-refractivity contribution is -0.116. The number of aromatic nitrogens is 3. The lowest BCUT2D eigenvalue weighted by Gasteiger charge is -2.29. The monoisotopic (exact) mass is 666 g/mol. The van der Waals surface area contributed by atoms with Crippen LogP contribution in [0.1, 0.15) is 52.7 Å². The molecule has 3 N–H and O–H groups in total. The van der Waals surface area contributed by atoms with Crippen molar-refractivity contribution in [1.82, 2.24) is 30.3 Å². The van der Waals surface area contributed by atoms with E-state index in [1.165, 1.54) is 18.2 Å². The average molecular weight is 667 g/mol. The Balaban J connectivity index is 1.56. The number of benzene rings is 1. The molecule has 0 aliphatic carbocycles. The first kappa shape index (κ1) is 35.7. The highest BCUT2D eigenvalue weighted by Crippen LogP contribution is 2.33. The summed E-state index contributed by atoms with van der Waals surface area (Å²) in [4.78, 5) is 33.7. The molecule has 0 saturated carbocycles. The highest BCUT2D eigenvalue weighted by Gasteiger charge is 2.25. The maximum Gasteiger partial charge on any atom is 0.410 e. The molecule has 1 aliphatic heterocycles. The summed E-state index contributed by atoms with van der Waals surface area (Å²) in [5.41, 5.74) is 2.53. The van der Waals surface area contributed by atoms with E-state index in [2.05, 4.69) is 43.0 Å². The van der Waals surface area contributed by atoms with E-state index in [0.29, 0.717) is 66.1 Å². The van der Waals surface area contributed by atoms with Crippen LogP contribution in [0.4, 0.5) is 26.4 Å². The van der Waals surface area contributed by atoms with Gasteiger partial charge in [0.25, 0.3) is 0 Å². The van der Waals surface area contributed by atoms with Crippen molar-refractivity contribution < 1.29 is 18.7 Å². The maximum absolute atomic E-state index is 14.8.